The molecule has 13 aliphatic rings. The number of aromatic nitrogens is 16. The van der Waals surface area contributed by atoms with Gasteiger partial charge in [0.1, 0.15) is 86.6 Å². The van der Waals surface area contributed by atoms with E-state index in [1.807, 2.05) is 129 Å². The fourth-order valence-corrected chi connectivity index (χ4v) is 22.3. The summed E-state index contributed by atoms with van der Waals surface area (Å²) in [6.45, 7) is 10.2. The molecule has 4 aliphatic heterocycles. The van der Waals surface area contributed by atoms with E-state index >= 15 is 0 Å². The number of ether oxygens (including phenoxy) is 3. The predicted octanol–water partition coefficient (Wildman–Crippen LogP) is 19.3. The van der Waals surface area contributed by atoms with Gasteiger partial charge < -0.3 is 70.4 Å². The Bertz CT molecular complexity index is 6710. The van der Waals surface area contributed by atoms with E-state index < -0.39 is 22.4 Å². The van der Waals surface area contributed by atoms with Gasteiger partial charge in [-0.2, -0.15) is 20.4 Å². The van der Waals surface area contributed by atoms with Crippen molar-refractivity contribution in [2.75, 3.05) is 100 Å². The Kier molecular flexibility index (Phi) is 26.8. The first-order chi connectivity index (χ1) is 69.3. The van der Waals surface area contributed by atoms with Crippen molar-refractivity contribution in [1.29, 1.82) is 0 Å². The van der Waals surface area contributed by atoms with Gasteiger partial charge in [0.2, 0.25) is 0 Å². The maximum absolute atomic E-state index is 12.5. The van der Waals surface area contributed by atoms with Gasteiger partial charge in [0, 0.05) is 153 Å². The number of methoxy groups -OCH3 is 1. The van der Waals surface area contributed by atoms with Gasteiger partial charge in [-0.25, -0.2) is 49.5 Å². The topological polar surface area (TPSA) is 453 Å². The van der Waals surface area contributed by atoms with Crippen LogP contribution in [0, 0.1) is 49.4 Å². The summed E-state index contributed by atoms with van der Waals surface area (Å²) in [5.41, 5.74) is 5.15. The number of nitrogens with zero attached hydrogens (tertiary/aromatic N) is 16. The number of anilines is 12. The van der Waals surface area contributed by atoms with Crippen LogP contribution in [0.3, 0.4) is 0 Å². The molecule has 0 bridgehead atoms. The molecule has 12 aromatic rings. The average molecular weight is 2020 g/mol. The molecule has 11 N–H and O–H groups in total. The van der Waals surface area contributed by atoms with E-state index in [0.29, 0.717) is 179 Å². The predicted molar refractivity (Wildman–Crippen MR) is 561 cm³/mol. The molecular formula is C104H134N24O11S4. The number of aryl methyl sites for hydroxylation is 2. The lowest BCUT2D eigenvalue weighted by Gasteiger charge is -2.50. The minimum Gasteiger partial charge on any atom is -0.465 e. The van der Waals surface area contributed by atoms with Gasteiger partial charge >= 0.3 is 17.9 Å². The lowest BCUT2D eigenvalue weighted by molar-refractivity contribution is -0.162. The minimum atomic E-state index is -0.600. The van der Waals surface area contributed by atoms with Crippen molar-refractivity contribution >= 4 is 146 Å². The molecule has 0 unspecified atom stereocenters. The number of H-pyrrole nitrogens is 4. The number of aromatic amines is 4. The van der Waals surface area contributed by atoms with Gasteiger partial charge in [-0.05, 0) is 278 Å². The fraction of sp³-hybridized carbons (Fsp3) is 0.452. The number of rotatable bonds is 36. The van der Waals surface area contributed by atoms with Crippen molar-refractivity contribution in [2.24, 2.45) is 35.5 Å². The highest BCUT2D eigenvalue weighted by atomic mass is 32.2. The number of hydrogen-bond donors (Lipinski definition) is 11. The molecule has 8 aromatic heterocycles. The van der Waals surface area contributed by atoms with Crippen molar-refractivity contribution < 1.29 is 66.3 Å². The molecule has 9 saturated carbocycles. The molecule has 35 nitrogen and oxygen atoms in total. The Morgan fingerprint density at radius 1 is 0.378 bits per heavy atom. The van der Waals surface area contributed by atoms with Crippen molar-refractivity contribution in [2.45, 2.75) is 243 Å². The maximum atomic E-state index is 12.5. The Hall–Kier alpha value is -12.5. The third-order valence-corrected chi connectivity index (χ3v) is 32.1. The van der Waals surface area contributed by atoms with Crippen LogP contribution in [0.1, 0.15) is 215 Å². The normalized spacial score (nSPS) is 19.3. The zero-order valence-electron chi connectivity index (χ0n) is 80.2. The van der Waals surface area contributed by atoms with Gasteiger partial charge in [-0.15, -0.1) is 0 Å². The monoisotopic (exact) mass is 2020 g/mol. The van der Waals surface area contributed by atoms with Crippen LogP contribution in [0.25, 0.3) is 0 Å². The second-order valence-electron chi connectivity index (χ2n) is 40.8. The summed E-state index contributed by atoms with van der Waals surface area (Å²) in [5.74, 6) is 11.8. The molecule has 143 heavy (non-hydrogen) atoms. The van der Waals surface area contributed by atoms with E-state index in [0.717, 1.165) is 173 Å². The molecule has 25 rings (SSSR count). The first kappa shape index (κ1) is 95.3. The van der Waals surface area contributed by atoms with E-state index in [9.17, 15) is 39.3 Å². The standard InChI is InChI=1S/C27H30N6O2S.C27H32N6O2S.C26H28N6O4S.C24H26N6O3S.9H2/c34-22(18-5-6-18)11-16-1-9-20(10-2-16)36-26-29-23(28-24-12-21(31-32-24)17-3-4-17)13-25(30-26)33-14-27(35,15-33)19-7-8-19;1-17-12-24(32-31-17)28-23-14-25(33-15-27(35,16-33)20-8-9-20)30-26(29-23)36-21-10-6-18(7-11-21)13-22(34)19-4-2-3-5-19;1-15-11-22(31-30-15)27-21-12-23(32-13-26(14-32,18-5-6-18)36-16(2)33)29-25(28-21)37-20-9-3-17(4-10-20)24(34)35-19-7-8-19;1-33-22(31)15-4-8-17(9-5-15)34-23-26-19(25-20-10-18(28-29-20)14-2-3-14)11-21(27-23)30-12-24(32,13-30)16-6-7-16;;;;;;;;;/h1-2,9-10,12-13,17-19,35H,3-8,11,14-15H2,(H2,28,29,30,31,32);6-7,10-12,14,19-20,35H,2-5,8-9,13,15-16H2,1H3,(H2,28,29,30,31,32);3-4,9-12,18-19H,5-8,13-14H2,1-2H3,(H2,27,28,29,30,31);4-5,8-11,14,16,32H,2-3,6-7,12-13H2,1H3,(H2,25,26,27,28,29);9*1H. The summed E-state index contributed by atoms with van der Waals surface area (Å²) >= 11 is 5.81. The van der Waals surface area contributed by atoms with Crippen molar-refractivity contribution in [3.8, 4) is 0 Å². The second kappa shape index (κ2) is 40.2. The van der Waals surface area contributed by atoms with Crippen molar-refractivity contribution in [3.63, 3.8) is 0 Å². The highest BCUT2D eigenvalue weighted by Gasteiger charge is 2.58. The number of β-amino-alcohol motifs (C(OH)–C–C–N with tert-alkyl or cyclic N) is 3. The Balaban J connectivity index is 0.000000165. The minimum absolute atomic E-state index is 0. The number of hydrogen-bond acceptors (Lipinski definition) is 35. The zero-order valence-corrected chi connectivity index (χ0v) is 83.4. The van der Waals surface area contributed by atoms with E-state index in [2.05, 4.69) is 87.7 Å². The number of Topliss-reactive ketones (excluding diaryl/α,β-unsaturated/α-hetero) is 2. The molecule has 760 valence electrons. The smallest absolute Gasteiger partial charge is 0.338 e. The largest absolute Gasteiger partial charge is 0.465 e. The van der Waals surface area contributed by atoms with Gasteiger partial charge in [0.15, 0.2) is 43.9 Å². The highest BCUT2D eigenvalue weighted by molar-refractivity contribution is 8.00. The summed E-state index contributed by atoms with van der Waals surface area (Å²) < 4.78 is 15.9. The van der Waals surface area contributed by atoms with Crippen LogP contribution >= 0.6 is 47.0 Å². The molecule has 4 aromatic carbocycles. The molecule has 0 amide bonds. The number of esters is 3. The molecule has 39 heteroatoms. The average Bonchev–Trinajstić information content (AvgIpc) is 1.42. The number of ketones is 2. The molecule has 0 spiro atoms. The molecule has 12 heterocycles. The lowest BCUT2D eigenvalue weighted by atomic mass is 9.88. The van der Waals surface area contributed by atoms with Crippen LogP contribution in [0.15, 0.2) is 186 Å². The summed E-state index contributed by atoms with van der Waals surface area (Å²) in [5, 5.41) is 77.4. The van der Waals surface area contributed by atoms with E-state index in [-0.39, 0.29) is 48.7 Å². The molecular weight excluding hydrogens is 1890 g/mol. The number of carbonyl (C=O) groups is 5. The van der Waals surface area contributed by atoms with Gasteiger partial charge in [-0.1, -0.05) is 37.1 Å². The zero-order chi connectivity index (χ0) is 97.8. The highest BCUT2D eigenvalue weighted by Crippen LogP contribution is 2.52. The summed E-state index contributed by atoms with van der Waals surface area (Å²) in [6.07, 6.45) is 23.2. The SMILES string of the molecule is CC(=O)OC1(C2CC2)CN(c2cc(Nc3cc(C)[nH]n3)nc(Sc3ccc(C(=O)OC4CC4)cc3)n2)C1.COC(=O)c1ccc(Sc2nc(Nc3cc(C4CC4)[nH]n3)cc(N3CC(O)(C4CC4)C3)n2)cc1.Cc1cc(Nc2cc(N3CC(O)(C4CC4)C3)nc(Sc3ccc(CC(=O)C4CCCC4)cc3)n2)n[nH]1.O=C(Cc1ccc(Sc2nc(Nc3cc(C4CC4)[nH]n3)cc(N3CC(O)(C4CC4)C3)n2)cc1)C1CC1.[HH].[HH].[HH].[HH].[HH].[HH].[HH].[HH].[HH]. The quantitative estimate of drug-likeness (QED) is 0.00987. The van der Waals surface area contributed by atoms with E-state index in [1.165, 1.54) is 105 Å². The molecule has 9 aliphatic carbocycles. The molecule has 0 atom stereocenters. The van der Waals surface area contributed by atoms with Crippen LogP contribution in [-0.4, -0.2) is 213 Å². The van der Waals surface area contributed by atoms with Crippen LogP contribution in [0.2, 0.25) is 0 Å². The van der Waals surface area contributed by atoms with Crippen molar-refractivity contribution in [3.05, 3.63) is 191 Å². The second-order valence-corrected chi connectivity index (χ2v) is 45.0. The first-order valence-corrected chi connectivity index (χ1v) is 53.1. The number of aliphatic hydroxyl groups is 3. The van der Waals surface area contributed by atoms with Crippen LogP contribution in [-0.2, 0) is 41.4 Å². The van der Waals surface area contributed by atoms with Gasteiger partial charge in [0.05, 0.1) is 70.6 Å². The van der Waals surface area contributed by atoms with E-state index in [4.69, 9.17) is 54.1 Å². The lowest BCUT2D eigenvalue weighted by Crippen LogP contribution is -2.65. The molecule has 4 saturated heterocycles. The Morgan fingerprint density at radius 3 is 1.01 bits per heavy atom. The van der Waals surface area contributed by atoms with Crippen LogP contribution in [0.4, 0.5) is 69.8 Å². The van der Waals surface area contributed by atoms with E-state index in [1.54, 1.807) is 24.3 Å². The number of benzene rings is 4. The van der Waals surface area contributed by atoms with Crippen LogP contribution < -0.4 is 40.9 Å². The fourth-order valence-electron chi connectivity index (χ4n) is 19.2. The third-order valence-electron chi connectivity index (χ3n) is 28.6. The summed E-state index contributed by atoms with van der Waals surface area (Å²) in [4.78, 5) is 111. The van der Waals surface area contributed by atoms with Gasteiger partial charge in [-0.3, -0.25) is 34.8 Å². The van der Waals surface area contributed by atoms with Crippen molar-refractivity contribution in [1.82, 2.24) is 80.7 Å². The van der Waals surface area contributed by atoms with Crippen LogP contribution in [0.5, 0.6) is 0 Å². The first-order valence-electron chi connectivity index (χ1n) is 49.9. The third kappa shape index (κ3) is 23.8. The number of carbonyl (C=O) groups excluding carboxylic acids is 5. The molecule has 0 radical (unpaired) electrons. The van der Waals surface area contributed by atoms with Gasteiger partial charge in [0.25, 0.3) is 0 Å². The number of nitrogens with one attached hydrogen (secondary N) is 8. The Labute approximate surface area is 857 Å². The maximum Gasteiger partial charge on any atom is 0.338 e. The summed E-state index contributed by atoms with van der Waals surface area (Å²) in [7, 11) is 1.37. The Morgan fingerprint density at radius 2 is 0.699 bits per heavy atom. The summed E-state index contributed by atoms with van der Waals surface area (Å²) in [6, 6.07) is 46.3. The molecule has 13 fully saturated rings.